The van der Waals surface area contributed by atoms with Gasteiger partial charge in [0.25, 0.3) is 0 Å². The van der Waals surface area contributed by atoms with Crippen molar-refractivity contribution in [2.75, 3.05) is 11.9 Å². The number of anilines is 1. The molecule has 21 heavy (non-hydrogen) atoms. The van der Waals surface area contributed by atoms with Crippen molar-refractivity contribution in [3.05, 3.63) is 28.0 Å². The van der Waals surface area contributed by atoms with Gasteiger partial charge < -0.3 is 10.6 Å². The Bertz CT molecular complexity index is 499. The van der Waals surface area contributed by atoms with Gasteiger partial charge in [0, 0.05) is 11.7 Å². The lowest BCUT2D eigenvalue weighted by Gasteiger charge is -2.17. The third-order valence-corrected chi connectivity index (χ3v) is 4.53. The molecule has 0 unspecified atom stereocenters. The maximum atomic E-state index is 13.5. The lowest BCUT2D eigenvalue weighted by molar-refractivity contribution is -0.120. The van der Waals surface area contributed by atoms with Crippen molar-refractivity contribution in [2.24, 2.45) is 0 Å². The zero-order valence-corrected chi connectivity index (χ0v) is 13.9. The fourth-order valence-electron chi connectivity index (χ4n) is 2.71. The first kappa shape index (κ1) is 16.3. The van der Waals surface area contributed by atoms with Gasteiger partial charge in [-0.05, 0) is 53.4 Å². The second kappa shape index (κ2) is 7.78. The Morgan fingerprint density at radius 3 is 2.62 bits per heavy atom. The Morgan fingerprint density at radius 1 is 1.29 bits per heavy atom. The molecule has 0 radical (unpaired) electrons. The van der Waals surface area contributed by atoms with Crippen molar-refractivity contribution in [2.45, 2.75) is 51.5 Å². The number of nitrogens with one attached hydrogen (secondary N) is 2. The normalized spacial score (nSPS) is 16.3. The molecule has 0 heterocycles. The third-order valence-electron chi connectivity index (χ3n) is 3.93. The van der Waals surface area contributed by atoms with E-state index in [2.05, 4.69) is 26.6 Å². The lowest BCUT2D eigenvalue weighted by Crippen LogP contribution is -2.38. The van der Waals surface area contributed by atoms with E-state index in [1.165, 1.54) is 31.7 Å². The van der Waals surface area contributed by atoms with Crippen molar-refractivity contribution < 1.29 is 9.18 Å². The Hall–Kier alpha value is -1.10. The highest BCUT2D eigenvalue weighted by Gasteiger charge is 2.14. The van der Waals surface area contributed by atoms with Crippen LogP contribution in [0.25, 0.3) is 0 Å². The Balaban J connectivity index is 1.84. The van der Waals surface area contributed by atoms with Crippen molar-refractivity contribution in [3.63, 3.8) is 0 Å². The minimum absolute atomic E-state index is 0.0235. The van der Waals surface area contributed by atoms with Gasteiger partial charge >= 0.3 is 0 Å². The molecule has 3 nitrogen and oxygen atoms in total. The first-order valence-electron chi connectivity index (χ1n) is 7.55. The predicted octanol–water partition coefficient (Wildman–Crippen LogP) is 4.15. The highest BCUT2D eigenvalue weighted by Crippen LogP contribution is 2.23. The van der Waals surface area contributed by atoms with Crippen molar-refractivity contribution >= 4 is 27.5 Å². The Morgan fingerprint density at radius 2 is 1.95 bits per heavy atom. The number of carbonyl (C=O) groups excluding carboxylic acids is 1. The van der Waals surface area contributed by atoms with Crippen LogP contribution in [0.5, 0.6) is 0 Å². The van der Waals surface area contributed by atoms with E-state index in [1.54, 1.807) is 6.07 Å². The highest BCUT2D eigenvalue weighted by molar-refractivity contribution is 9.10. The standard InChI is InChI=1S/C16H22BrFN2O/c1-11-8-13(17)14(18)9-15(11)19-10-16(21)20-12-6-4-2-3-5-7-12/h8-9,12,19H,2-7,10H2,1H3,(H,20,21). The molecule has 116 valence electrons. The molecule has 2 N–H and O–H groups in total. The maximum absolute atomic E-state index is 13.5. The average molecular weight is 357 g/mol. The minimum atomic E-state index is -0.327. The van der Waals surface area contributed by atoms with Crippen LogP contribution in [0, 0.1) is 12.7 Å². The van der Waals surface area contributed by atoms with E-state index in [1.807, 2.05) is 6.92 Å². The van der Waals surface area contributed by atoms with Gasteiger partial charge in [0.15, 0.2) is 0 Å². The number of hydrogen-bond acceptors (Lipinski definition) is 2. The molecular formula is C16H22BrFN2O. The molecule has 1 amide bonds. The summed E-state index contributed by atoms with van der Waals surface area (Å²) in [5.41, 5.74) is 1.57. The molecule has 0 spiro atoms. The fraction of sp³-hybridized carbons (Fsp3) is 0.562. The largest absolute Gasteiger partial charge is 0.376 e. The quantitative estimate of drug-likeness (QED) is 0.795. The zero-order valence-electron chi connectivity index (χ0n) is 12.3. The number of halogens is 2. The summed E-state index contributed by atoms with van der Waals surface area (Å²) < 4.78 is 14.0. The van der Waals surface area contributed by atoms with Gasteiger partial charge in [0.2, 0.25) is 5.91 Å². The molecule has 0 atom stereocenters. The topological polar surface area (TPSA) is 41.1 Å². The summed E-state index contributed by atoms with van der Waals surface area (Å²) in [6, 6.07) is 3.42. The Labute approximate surface area is 133 Å². The fourth-order valence-corrected chi connectivity index (χ4v) is 3.17. The molecule has 1 fully saturated rings. The first-order chi connectivity index (χ1) is 10.1. The molecular weight excluding hydrogens is 335 g/mol. The highest BCUT2D eigenvalue weighted by atomic mass is 79.9. The van der Waals surface area contributed by atoms with Crippen molar-refractivity contribution in [1.82, 2.24) is 5.32 Å². The second-order valence-electron chi connectivity index (χ2n) is 5.69. The van der Waals surface area contributed by atoms with Gasteiger partial charge in [-0.1, -0.05) is 25.7 Å². The molecule has 0 saturated heterocycles. The maximum Gasteiger partial charge on any atom is 0.239 e. The van der Waals surface area contributed by atoms with E-state index in [-0.39, 0.29) is 18.3 Å². The molecule has 1 aromatic rings. The summed E-state index contributed by atoms with van der Waals surface area (Å²) in [5, 5.41) is 6.08. The van der Waals surface area contributed by atoms with Crippen molar-refractivity contribution in [1.29, 1.82) is 0 Å². The number of hydrogen-bond donors (Lipinski definition) is 2. The van der Waals surface area contributed by atoms with Crippen LogP contribution in [0.4, 0.5) is 10.1 Å². The number of benzene rings is 1. The molecule has 0 aromatic heterocycles. The summed E-state index contributed by atoms with van der Waals surface area (Å²) in [6.45, 7) is 2.06. The summed E-state index contributed by atoms with van der Waals surface area (Å²) in [5.74, 6) is -0.350. The Kier molecular flexibility index (Phi) is 6.03. The van der Waals surface area contributed by atoms with Crippen LogP contribution in [0.2, 0.25) is 0 Å². The van der Waals surface area contributed by atoms with Crippen LogP contribution >= 0.6 is 15.9 Å². The lowest BCUT2D eigenvalue weighted by atomic mass is 10.1. The van der Waals surface area contributed by atoms with E-state index >= 15 is 0 Å². The van der Waals surface area contributed by atoms with Crippen LogP contribution in [-0.4, -0.2) is 18.5 Å². The smallest absolute Gasteiger partial charge is 0.239 e. The number of amides is 1. The van der Waals surface area contributed by atoms with Crippen LogP contribution < -0.4 is 10.6 Å². The summed E-state index contributed by atoms with van der Waals surface area (Å²) in [4.78, 5) is 12.0. The zero-order chi connectivity index (χ0) is 15.2. The summed E-state index contributed by atoms with van der Waals surface area (Å²) in [6.07, 6.45) is 7.05. The molecule has 1 aromatic carbocycles. The van der Waals surface area contributed by atoms with E-state index in [0.29, 0.717) is 16.2 Å². The monoisotopic (exact) mass is 356 g/mol. The van der Waals surface area contributed by atoms with Gasteiger partial charge in [-0.2, -0.15) is 0 Å². The van der Waals surface area contributed by atoms with Gasteiger partial charge in [-0.15, -0.1) is 0 Å². The summed E-state index contributed by atoms with van der Waals surface area (Å²) in [7, 11) is 0. The molecule has 0 bridgehead atoms. The van der Waals surface area contributed by atoms with Crippen LogP contribution in [0.1, 0.15) is 44.1 Å². The van der Waals surface area contributed by atoms with Gasteiger partial charge in [-0.25, -0.2) is 4.39 Å². The second-order valence-corrected chi connectivity index (χ2v) is 6.55. The van der Waals surface area contributed by atoms with Gasteiger partial charge in [-0.3, -0.25) is 4.79 Å². The average Bonchev–Trinajstić information content (AvgIpc) is 2.70. The number of carbonyl (C=O) groups is 1. The van der Waals surface area contributed by atoms with Crippen molar-refractivity contribution in [3.8, 4) is 0 Å². The van der Waals surface area contributed by atoms with E-state index in [4.69, 9.17) is 0 Å². The van der Waals surface area contributed by atoms with Crippen LogP contribution in [0.3, 0.4) is 0 Å². The van der Waals surface area contributed by atoms with Gasteiger partial charge in [0.1, 0.15) is 5.82 Å². The summed E-state index contributed by atoms with van der Waals surface area (Å²) >= 11 is 3.15. The van der Waals surface area contributed by atoms with E-state index < -0.39 is 0 Å². The van der Waals surface area contributed by atoms with Crippen LogP contribution in [-0.2, 0) is 4.79 Å². The minimum Gasteiger partial charge on any atom is -0.376 e. The van der Waals surface area contributed by atoms with Crippen LogP contribution in [0.15, 0.2) is 16.6 Å². The van der Waals surface area contributed by atoms with E-state index in [0.717, 1.165) is 18.4 Å². The number of rotatable bonds is 4. The third kappa shape index (κ3) is 4.99. The number of aryl methyl sites for hydroxylation is 1. The predicted molar refractivity (Wildman–Crippen MR) is 87.0 cm³/mol. The molecule has 1 saturated carbocycles. The van der Waals surface area contributed by atoms with E-state index in [9.17, 15) is 9.18 Å². The van der Waals surface area contributed by atoms with Gasteiger partial charge in [0.05, 0.1) is 11.0 Å². The SMILES string of the molecule is Cc1cc(Br)c(F)cc1NCC(=O)NC1CCCCCC1. The molecule has 5 heteroatoms. The molecule has 1 aliphatic rings. The first-order valence-corrected chi connectivity index (χ1v) is 8.34. The molecule has 0 aliphatic heterocycles. The molecule has 1 aliphatic carbocycles. The molecule has 2 rings (SSSR count).